The van der Waals surface area contributed by atoms with Gasteiger partial charge in [0.2, 0.25) is 5.96 Å². The molecule has 0 aromatic heterocycles. The fourth-order valence-corrected chi connectivity index (χ4v) is 1.59. The molecule has 0 fully saturated rings. The fourth-order valence-electron chi connectivity index (χ4n) is 1.59. The van der Waals surface area contributed by atoms with E-state index in [1.807, 2.05) is 30.3 Å². The third-order valence-corrected chi connectivity index (χ3v) is 2.60. The lowest BCUT2D eigenvalue weighted by Crippen LogP contribution is -2.36. The van der Waals surface area contributed by atoms with E-state index in [2.05, 4.69) is 15.7 Å². The Hall–Kier alpha value is -2.47. The average Bonchev–Trinajstić information content (AvgIpc) is 2.46. The summed E-state index contributed by atoms with van der Waals surface area (Å²) in [4.78, 5) is 4.11. The number of nitrogens with zero attached hydrogens (tertiary/aromatic N) is 1. The van der Waals surface area contributed by atoms with Gasteiger partial charge in [-0.15, -0.1) is 0 Å². The van der Waals surface area contributed by atoms with E-state index in [9.17, 15) is 8.78 Å². The zero-order valence-corrected chi connectivity index (χ0v) is 10.6. The van der Waals surface area contributed by atoms with Crippen molar-refractivity contribution in [2.24, 2.45) is 10.8 Å². The molecule has 2 aromatic carbocycles. The average molecular weight is 276 g/mol. The van der Waals surface area contributed by atoms with Crippen molar-refractivity contribution in [1.82, 2.24) is 5.43 Å². The summed E-state index contributed by atoms with van der Waals surface area (Å²) in [6, 6.07) is 12.6. The van der Waals surface area contributed by atoms with Crippen molar-refractivity contribution in [3.63, 3.8) is 0 Å². The second-order valence-corrected chi connectivity index (χ2v) is 4.04. The molecule has 2 rings (SSSR count). The Morgan fingerprint density at radius 1 is 1.10 bits per heavy atom. The van der Waals surface area contributed by atoms with Gasteiger partial charge in [0, 0.05) is 17.3 Å². The molecule has 2 aromatic rings. The van der Waals surface area contributed by atoms with Gasteiger partial charge in [-0.25, -0.2) is 19.6 Å². The first-order chi connectivity index (χ1) is 9.69. The van der Waals surface area contributed by atoms with E-state index < -0.39 is 11.6 Å². The first-order valence-corrected chi connectivity index (χ1v) is 5.96. The molecular formula is C14H14F2N4. The predicted molar refractivity (Wildman–Crippen MR) is 74.9 cm³/mol. The van der Waals surface area contributed by atoms with Crippen molar-refractivity contribution < 1.29 is 8.78 Å². The summed E-state index contributed by atoms with van der Waals surface area (Å²) in [5, 5.41) is 2.95. The molecule has 104 valence electrons. The molecule has 0 saturated heterocycles. The molecule has 0 amide bonds. The van der Waals surface area contributed by atoms with Crippen molar-refractivity contribution in [1.29, 1.82) is 0 Å². The monoisotopic (exact) mass is 276 g/mol. The Bertz CT molecular complexity index is 599. The Balaban J connectivity index is 2.07. The number of anilines is 1. The van der Waals surface area contributed by atoms with E-state index in [-0.39, 0.29) is 12.1 Å². The number of hydrogen-bond donors (Lipinski definition) is 3. The number of para-hydroxylation sites is 1. The lowest BCUT2D eigenvalue weighted by Gasteiger charge is -2.09. The molecule has 0 aliphatic heterocycles. The first kappa shape index (κ1) is 14.0. The molecular weight excluding hydrogens is 262 g/mol. The van der Waals surface area contributed by atoms with Gasteiger partial charge < -0.3 is 5.32 Å². The summed E-state index contributed by atoms with van der Waals surface area (Å²) < 4.78 is 26.2. The minimum absolute atomic E-state index is 0.0471. The number of aliphatic imine (C=N–C) groups is 1. The van der Waals surface area contributed by atoms with Crippen LogP contribution in [0.15, 0.2) is 53.5 Å². The third kappa shape index (κ3) is 3.76. The van der Waals surface area contributed by atoms with E-state index in [1.54, 1.807) is 0 Å². The number of rotatable bonds is 3. The molecule has 0 aliphatic carbocycles. The number of halogens is 2. The van der Waals surface area contributed by atoms with Crippen LogP contribution in [0.3, 0.4) is 0 Å². The number of nitrogens with two attached hydrogens (primary N) is 1. The van der Waals surface area contributed by atoms with E-state index in [1.165, 1.54) is 12.1 Å². The molecule has 0 bridgehead atoms. The van der Waals surface area contributed by atoms with Crippen LogP contribution in [-0.2, 0) is 6.54 Å². The molecule has 0 aliphatic rings. The predicted octanol–water partition coefficient (Wildman–Crippen LogP) is 2.40. The smallest absolute Gasteiger partial charge is 0.210 e. The Morgan fingerprint density at radius 3 is 2.50 bits per heavy atom. The molecule has 6 heteroatoms. The van der Waals surface area contributed by atoms with E-state index in [0.29, 0.717) is 5.96 Å². The second kappa shape index (κ2) is 6.63. The zero-order chi connectivity index (χ0) is 14.4. The molecule has 0 spiro atoms. The number of hydrogen-bond acceptors (Lipinski definition) is 2. The molecule has 20 heavy (non-hydrogen) atoms. The largest absolute Gasteiger partial charge is 0.325 e. The zero-order valence-electron chi connectivity index (χ0n) is 10.6. The molecule has 0 radical (unpaired) electrons. The highest BCUT2D eigenvalue weighted by molar-refractivity contribution is 5.93. The maximum absolute atomic E-state index is 13.5. The highest BCUT2D eigenvalue weighted by Gasteiger charge is 2.04. The van der Waals surface area contributed by atoms with Crippen LogP contribution in [0.5, 0.6) is 0 Å². The van der Waals surface area contributed by atoms with Crippen molar-refractivity contribution in [3.8, 4) is 0 Å². The van der Waals surface area contributed by atoms with Crippen LogP contribution in [0.4, 0.5) is 14.5 Å². The highest BCUT2D eigenvalue weighted by Crippen LogP contribution is 2.11. The quantitative estimate of drug-likeness (QED) is 0.349. The van der Waals surface area contributed by atoms with Crippen molar-refractivity contribution in [2.75, 3.05) is 5.32 Å². The van der Waals surface area contributed by atoms with E-state index in [4.69, 9.17) is 5.84 Å². The molecule has 0 heterocycles. The molecule has 0 atom stereocenters. The first-order valence-electron chi connectivity index (χ1n) is 5.96. The molecule has 4 N–H and O–H groups in total. The Labute approximate surface area is 115 Å². The Morgan fingerprint density at radius 2 is 1.85 bits per heavy atom. The lowest BCUT2D eigenvalue weighted by atomic mass is 10.2. The van der Waals surface area contributed by atoms with Gasteiger partial charge in [0.25, 0.3) is 0 Å². The molecule has 4 nitrogen and oxygen atoms in total. The van der Waals surface area contributed by atoms with E-state index in [0.717, 1.165) is 11.8 Å². The van der Waals surface area contributed by atoms with Gasteiger partial charge in [0.15, 0.2) is 0 Å². The second-order valence-electron chi connectivity index (χ2n) is 4.04. The van der Waals surface area contributed by atoms with Crippen molar-refractivity contribution >= 4 is 11.6 Å². The maximum Gasteiger partial charge on any atom is 0.210 e. The number of hydrazine groups is 1. The normalized spacial score (nSPS) is 11.2. The van der Waals surface area contributed by atoms with Crippen LogP contribution in [-0.4, -0.2) is 5.96 Å². The Kier molecular flexibility index (Phi) is 4.62. The summed E-state index contributed by atoms with van der Waals surface area (Å²) in [6.45, 7) is 0.0471. The van der Waals surface area contributed by atoms with Crippen LogP contribution in [0.1, 0.15) is 5.56 Å². The van der Waals surface area contributed by atoms with Crippen LogP contribution < -0.4 is 16.6 Å². The molecule has 0 unspecified atom stereocenters. The summed E-state index contributed by atoms with van der Waals surface area (Å²) in [6.07, 6.45) is 0. The van der Waals surface area contributed by atoms with E-state index >= 15 is 0 Å². The standard InChI is InChI=1S/C14H14F2N4/c15-11-7-6-10(13(16)8-11)9-18-14(20-17)19-12-4-2-1-3-5-12/h1-8H,9,17H2,(H2,18,19,20). The van der Waals surface area contributed by atoms with Gasteiger partial charge in [-0.1, -0.05) is 24.3 Å². The van der Waals surface area contributed by atoms with Crippen LogP contribution in [0.2, 0.25) is 0 Å². The summed E-state index contributed by atoms with van der Waals surface area (Å²) in [5.41, 5.74) is 3.48. The number of guanidine groups is 1. The van der Waals surface area contributed by atoms with Gasteiger partial charge in [0.1, 0.15) is 11.6 Å². The van der Waals surface area contributed by atoms with Gasteiger partial charge in [0.05, 0.1) is 6.54 Å². The van der Waals surface area contributed by atoms with Crippen LogP contribution in [0.25, 0.3) is 0 Å². The SMILES string of the molecule is NNC(=NCc1ccc(F)cc1F)Nc1ccccc1. The lowest BCUT2D eigenvalue weighted by molar-refractivity contribution is 0.572. The van der Waals surface area contributed by atoms with Crippen LogP contribution in [0, 0.1) is 11.6 Å². The summed E-state index contributed by atoms with van der Waals surface area (Å²) in [5.74, 6) is 4.39. The number of nitrogens with one attached hydrogen (secondary N) is 2. The van der Waals surface area contributed by atoms with Crippen LogP contribution >= 0.6 is 0 Å². The minimum atomic E-state index is -0.634. The molecule has 0 saturated carbocycles. The van der Waals surface area contributed by atoms with Gasteiger partial charge >= 0.3 is 0 Å². The highest BCUT2D eigenvalue weighted by atomic mass is 19.1. The third-order valence-electron chi connectivity index (χ3n) is 2.60. The number of benzene rings is 2. The summed E-state index contributed by atoms with van der Waals surface area (Å²) >= 11 is 0. The topological polar surface area (TPSA) is 62.4 Å². The van der Waals surface area contributed by atoms with Crippen molar-refractivity contribution in [3.05, 3.63) is 65.7 Å². The minimum Gasteiger partial charge on any atom is -0.325 e. The summed E-state index contributed by atoms with van der Waals surface area (Å²) in [7, 11) is 0. The van der Waals surface area contributed by atoms with Crippen molar-refractivity contribution in [2.45, 2.75) is 6.54 Å². The fraction of sp³-hybridized carbons (Fsp3) is 0.0714. The van der Waals surface area contributed by atoms with Gasteiger partial charge in [-0.2, -0.15) is 0 Å². The van der Waals surface area contributed by atoms with Gasteiger partial charge in [-0.3, -0.25) is 5.43 Å². The van der Waals surface area contributed by atoms with Gasteiger partial charge in [-0.05, 0) is 18.2 Å². The maximum atomic E-state index is 13.5.